The van der Waals surface area contributed by atoms with Crippen LogP contribution in [0.15, 0.2) is 48.6 Å². The van der Waals surface area contributed by atoms with Crippen LogP contribution in [0.25, 0.3) is 0 Å². The molecule has 20 aliphatic heterocycles. The molecule has 1 amide bonds. The number of hydrogen-bond donors (Lipinski definition) is 4. The number of amides is 1. The number of aliphatic hydroxyl groups is 2. The van der Waals surface area contributed by atoms with Crippen LogP contribution in [0.4, 0.5) is 18.0 Å². The van der Waals surface area contributed by atoms with Gasteiger partial charge in [-0.05, 0) is 188 Å². The number of fused-ring (bicyclic) bond motifs is 12. The van der Waals surface area contributed by atoms with Gasteiger partial charge in [0, 0.05) is 90.1 Å². The Balaban J connectivity index is 0.000000159. The Morgan fingerprint density at radius 1 is 0.496 bits per heavy atom. The third-order valence-electron chi connectivity index (χ3n) is 29.6. The molecule has 32 heteroatoms. The Morgan fingerprint density at radius 3 is 1.31 bits per heavy atom. The monoisotopic (exact) mass is 1750 g/mol. The van der Waals surface area contributed by atoms with Crippen LogP contribution in [0.2, 0.25) is 19.6 Å². The number of rotatable bonds is 9. The van der Waals surface area contributed by atoms with Gasteiger partial charge in [-0.3, -0.25) is 9.59 Å². The summed E-state index contributed by atoms with van der Waals surface area (Å²) in [6.07, 6.45) is 10.9. The van der Waals surface area contributed by atoms with E-state index in [1.54, 1.807) is 20.8 Å². The number of carbonyl (C=O) groups is 3. The molecule has 8 unspecified atom stereocenters. The number of hydrogen-bond acceptors (Lipinski definition) is 26. The van der Waals surface area contributed by atoms with Crippen molar-refractivity contribution in [2.45, 2.75) is 441 Å². The topological polar surface area (TPSA) is 330 Å². The Labute approximate surface area is 712 Å². The number of Topliss-reactive ketones (excluding diaryl/α,β-unsaturated/α-hetero) is 2. The lowest BCUT2D eigenvalue weighted by molar-refractivity contribution is -0.292. The fourth-order valence-corrected chi connectivity index (χ4v) is 26.4. The van der Waals surface area contributed by atoms with E-state index in [1.807, 2.05) is 0 Å². The van der Waals surface area contributed by atoms with Crippen molar-refractivity contribution in [2.24, 2.45) is 41.2 Å². The highest BCUT2D eigenvalue weighted by molar-refractivity contribution is 7.88. The van der Waals surface area contributed by atoms with Crippen LogP contribution >= 0.6 is 0 Å². The number of nitrogens with two attached hydrogens (primary N) is 1. The number of aliphatic hydroxyl groups excluding tert-OH is 2. The van der Waals surface area contributed by atoms with Crippen LogP contribution in [0.3, 0.4) is 0 Å². The molecule has 2 spiro atoms. The molecular formula is C89H135F3N2O25SSi. The molecule has 0 radical (unpaired) electrons. The van der Waals surface area contributed by atoms with Crippen molar-refractivity contribution < 1.29 is 131 Å². The van der Waals surface area contributed by atoms with Gasteiger partial charge in [-0.25, -0.2) is 4.79 Å². The van der Waals surface area contributed by atoms with Crippen LogP contribution in [0, 0.1) is 35.5 Å². The maximum absolute atomic E-state index is 14.2. The minimum absolute atomic E-state index is 0.00127. The molecule has 20 saturated heterocycles. The van der Waals surface area contributed by atoms with Gasteiger partial charge in [0.05, 0.1) is 122 Å². The molecule has 0 aromatic rings. The van der Waals surface area contributed by atoms with Gasteiger partial charge in [-0.15, -0.1) is 0 Å². The predicted octanol–water partition coefficient (Wildman–Crippen LogP) is 11.4. The van der Waals surface area contributed by atoms with Gasteiger partial charge >= 0.3 is 21.7 Å². The molecule has 682 valence electrons. The van der Waals surface area contributed by atoms with E-state index in [-0.39, 0.29) is 232 Å². The van der Waals surface area contributed by atoms with Gasteiger partial charge in [0.15, 0.2) is 11.6 Å². The average Bonchev–Trinajstić information content (AvgIpc) is 1.55. The van der Waals surface area contributed by atoms with E-state index in [2.05, 4.69) is 63.2 Å². The summed E-state index contributed by atoms with van der Waals surface area (Å²) >= 11 is 0. The molecular weight excluding hydrogens is 1610 g/mol. The SMILES string of the molecule is C=C1CC2CC[C@@]34C[C@H]5O[C@H]6C(O3)[C@H]3O[C@H](CC[C@@H]3O[C@H]6[C@H]5O4)CC(=O)C[C@H]3C(C[C@H]4O[C@@H](CCC1O2)C[C@@H](C)C4=C)O[C@H](C[C@H](O)CN)[C@@H]3C.C=C1CC2CC[C@@]34C[C@H]5O[C@H]6C(O3)[C@H]3O[C@H](CC[C@@H]3O[C@H]6[C@H]5O4)CC(=O)C[C@H]3C(C[C@H]4O[C@@H](CCC1O2)C[C@@H](C)C4=C)O[C@H](C[C@H](O)CNC(=O)OC(C)(C)C)[C@@H]3C.C[Si](C)(C)OS(=O)(=O)C(F)(F)F. The smallest absolute Gasteiger partial charge is 0.444 e. The number of halogens is 3. The summed E-state index contributed by atoms with van der Waals surface area (Å²) in [5, 5.41) is 24.3. The second-order valence-electron chi connectivity index (χ2n) is 40.9. The maximum Gasteiger partial charge on any atom is 0.522 e. The van der Waals surface area contributed by atoms with E-state index in [0.29, 0.717) is 76.5 Å². The van der Waals surface area contributed by atoms with E-state index in [0.717, 1.165) is 112 Å². The Kier molecular flexibility index (Phi) is 27.0. The molecule has 38 atom stereocenters. The summed E-state index contributed by atoms with van der Waals surface area (Å²) < 4.78 is 173. The van der Waals surface area contributed by atoms with Crippen LogP contribution in [-0.2, 0) is 104 Å². The highest BCUT2D eigenvalue weighted by Crippen LogP contribution is 2.58. The van der Waals surface area contributed by atoms with E-state index < -0.39 is 59.4 Å². The van der Waals surface area contributed by atoms with Crippen LogP contribution < -0.4 is 11.1 Å². The van der Waals surface area contributed by atoms with Gasteiger partial charge in [0.25, 0.3) is 0 Å². The lowest BCUT2D eigenvalue weighted by Crippen LogP contribution is -2.61. The van der Waals surface area contributed by atoms with Crippen LogP contribution in [0.1, 0.15) is 215 Å². The largest absolute Gasteiger partial charge is 0.522 e. The lowest BCUT2D eigenvalue weighted by Gasteiger charge is -2.47. The minimum atomic E-state index is -5.39. The Morgan fingerprint density at radius 2 is 0.893 bits per heavy atom. The first-order valence-corrected chi connectivity index (χ1v) is 50.3. The number of ketones is 2. The second-order valence-corrected chi connectivity index (χ2v) is 47.2. The van der Waals surface area contributed by atoms with Crippen molar-refractivity contribution in [1.29, 1.82) is 0 Å². The van der Waals surface area contributed by atoms with Gasteiger partial charge in [-0.1, -0.05) is 54.0 Å². The quantitative estimate of drug-likeness (QED) is 0.0946. The van der Waals surface area contributed by atoms with E-state index in [4.69, 9.17) is 86.3 Å². The number of ether oxygens (including phenoxy) is 17. The van der Waals surface area contributed by atoms with Crippen molar-refractivity contribution in [2.75, 3.05) is 13.1 Å². The average molecular weight is 1750 g/mol. The zero-order valence-electron chi connectivity index (χ0n) is 72.3. The van der Waals surface area contributed by atoms with Gasteiger partial charge in [0.2, 0.25) is 8.32 Å². The predicted molar refractivity (Wildman–Crippen MR) is 434 cm³/mol. The van der Waals surface area contributed by atoms with Crippen LogP contribution in [-0.4, -0.2) is 264 Å². The maximum atomic E-state index is 14.2. The molecule has 27 nitrogen and oxygen atoms in total. The zero-order chi connectivity index (χ0) is 86.1. The zero-order valence-corrected chi connectivity index (χ0v) is 74.1. The fraction of sp³-hybridized carbons (Fsp3) is 0.876. The van der Waals surface area contributed by atoms with E-state index in [1.165, 1.54) is 19.6 Å². The van der Waals surface area contributed by atoms with Gasteiger partial charge < -0.3 is 106 Å². The number of alkyl carbamates (subject to hydrolysis) is 1. The van der Waals surface area contributed by atoms with E-state index in [9.17, 15) is 46.2 Å². The molecule has 5 N–H and O–H groups in total. The standard InChI is InChI=1S/C45H67NO12.C40H59NO10.C4H9F3O3SSi/c1-22-14-28-8-10-32-23(2)15-30(50-32)12-13-45-20-37-39(56-45)40-41(55-37)42(57-45)38-33(54-40)11-9-29(52-38)16-26(47)17-31-25(4)34(53-36(31)19-35(51-28)24(22)3)18-27(48)21-46-43(49)58-44(5,6)7;1-19-11-25-5-7-29-20(2)12-27(44-29)9-10-40-17-34-36(50-40)37-38(49-34)39(51-40)35-30(48-37)8-6-26(46-35)13-23(42)14-28-22(4)31(15-24(43)18-41)47-33(28)16-32(45-25)21(19)3;1-12(2,3)10-11(8,9)4(5,6)7/h22,25,27-42,48H,2-3,8-21H2,1,4-7H3,(H,46,49);19,22,24-39,43H,2-3,5-18,41H2,1,4H3;1-3H3/t22-,25-,27+,28+,29-,30?,31-,32?,33+,34-,35-,36?,37-,38+,39+,40+,41-,42?,45+;19-,22-,24+,25+,26-,27?,28-,29?,30+,31-,32-,33?,34-,35+,36+,37+,38-,39?,40+;/m11./s1. The highest BCUT2D eigenvalue weighted by Gasteiger charge is 2.71. The summed E-state index contributed by atoms with van der Waals surface area (Å²) in [4.78, 5) is 40.5. The molecule has 0 aliphatic carbocycles. The third-order valence-corrected chi connectivity index (χ3v) is 33.1. The number of carbonyl (C=O) groups excluding carboxylic acids is 3. The third kappa shape index (κ3) is 19.9. The normalized spacial score (nSPS) is 47.0. The van der Waals surface area contributed by atoms with Crippen molar-refractivity contribution >= 4 is 36.1 Å². The molecule has 24 bridgehead atoms. The van der Waals surface area contributed by atoms with Crippen LogP contribution in [0.5, 0.6) is 0 Å². The number of alkyl halides is 3. The van der Waals surface area contributed by atoms with Crippen molar-refractivity contribution in [1.82, 2.24) is 5.32 Å². The van der Waals surface area contributed by atoms with Gasteiger partial charge in [0.1, 0.15) is 78.2 Å². The van der Waals surface area contributed by atoms with Crippen molar-refractivity contribution in [3.05, 3.63) is 48.6 Å². The summed E-state index contributed by atoms with van der Waals surface area (Å²) in [5.41, 5.74) is 4.29. The van der Waals surface area contributed by atoms with Crippen molar-refractivity contribution in [3.63, 3.8) is 0 Å². The molecule has 20 heterocycles. The summed E-state index contributed by atoms with van der Waals surface area (Å²) in [7, 11) is -8.10. The fourth-order valence-electron chi connectivity index (χ4n) is 23.4. The summed E-state index contributed by atoms with van der Waals surface area (Å²) in [6, 6.07) is 0. The second kappa shape index (κ2) is 35.9. The summed E-state index contributed by atoms with van der Waals surface area (Å²) in [5.74, 6) is -0.752. The first kappa shape index (κ1) is 91.1. The lowest BCUT2D eigenvalue weighted by atomic mass is 9.78. The first-order valence-electron chi connectivity index (χ1n) is 45.5. The van der Waals surface area contributed by atoms with Crippen molar-refractivity contribution in [3.8, 4) is 0 Å². The number of nitrogens with one attached hydrogen (secondary N) is 1. The molecule has 121 heavy (non-hydrogen) atoms. The molecule has 20 fully saturated rings. The first-order chi connectivity index (χ1) is 57.1. The molecule has 20 aliphatic rings. The molecule has 0 aromatic carbocycles. The Hall–Kier alpha value is -3.27. The minimum Gasteiger partial charge on any atom is -0.444 e. The molecule has 0 aromatic heterocycles. The van der Waals surface area contributed by atoms with E-state index >= 15 is 0 Å². The molecule has 20 rings (SSSR count). The van der Waals surface area contributed by atoms with Gasteiger partial charge in [-0.2, -0.15) is 21.6 Å². The molecule has 0 saturated carbocycles. The summed E-state index contributed by atoms with van der Waals surface area (Å²) in [6.45, 7) is 36.3. The highest BCUT2D eigenvalue weighted by atomic mass is 32.2. The Bertz CT molecular complexity index is 3890.